The van der Waals surface area contributed by atoms with Crippen molar-refractivity contribution in [3.63, 3.8) is 0 Å². The van der Waals surface area contributed by atoms with Gasteiger partial charge in [-0.3, -0.25) is 0 Å². The van der Waals surface area contributed by atoms with Crippen LogP contribution < -0.4 is 4.72 Å². The Bertz CT molecular complexity index is 494. The second kappa shape index (κ2) is 7.01. The molecule has 0 unspecified atom stereocenters. The van der Waals surface area contributed by atoms with Gasteiger partial charge in [0.15, 0.2) is 11.6 Å². The summed E-state index contributed by atoms with van der Waals surface area (Å²) in [4.78, 5) is 0. The minimum absolute atomic E-state index is 0.0244. The third-order valence-corrected chi connectivity index (χ3v) is 3.95. The predicted octanol–water partition coefficient (Wildman–Crippen LogP) is 2.40. The van der Waals surface area contributed by atoms with E-state index in [0.29, 0.717) is 24.3 Å². The van der Waals surface area contributed by atoms with Gasteiger partial charge in [0, 0.05) is 12.4 Å². The molecule has 0 aliphatic rings. The van der Waals surface area contributed by atoms with E-state index in [2.05, 4.69) is 4.72 Å². The molecule has 18 heavy (non-hydrogen) atoms. The monoisotopic (exact) mass is 297 g/mol. The Morgan fingerprint density at radius 3 is 2.50 bits per heavy atom. The number of hydrogen-bond acceptors (Lipinski definition) is 2. The van der Waals surface area contributed by atoms with E-state index in [1.165, 1.54) is 6.07 Å². The summed E-state index contributed by atoms with van der Waals surface area (Å²) in [5.41, 5.74) is 0.370. The molecular weight excluding hydrogens is 284 g/mol. The van der Waals surface area contributed by atoms with Crippen molar-refractivity contribution in [3.8, 4) is 0 Å². The SMILES string of the molecule is O=S(=O)(CCCCCl)NCc1ccc(F)c(F)c1. The highest BCUT2D eigenvalue weighted by Crippen LogP contribution is 2.09. The summed E-state index contributed by atoms with van der Waals surface area (Å²) < 4.78 is 50.9. The molecule has 0 spiro atoms. The number of nitrogens with one attached hydrogen (secondary N) is 1. The Hall–Kier alpha value is -0.720. The smallest absolute Gasteiger partial charge is 0.211 e. The standard InChI is InChI=1S/C11H14ClF2NO2S/c12-5-1-2-6-18(16,17)15-8-9-3-4-10(13)11(14)7-9/h3-4,7,15H,1-2,5-6,8H2. The van der Waals surface area contributed by atoms with E-state index >= 15 is 0 Å². The Morgan fingerprint density at radius 1 is 1.17 bits per heavy atom. The predicted molar refractivity (Wildman–Crippen MR) is 66.9 cm³/mol. The maximum absolute atomic E-state index is 12.9. The van der Waals surface area contributed by atoms with Crippen LogP contribution in [-0.4, -0.2) is 20.1 Å². The first-order chi connectivity index (χ1) is 8.44. The molecule has 0 saturated carbocycles. The van der Waals surface area contributed by atoms with Gasteiger partial charge in [-0.25, -0.2) is 21.9 Å². The summed E-state index contributed by atoms with van der Waals surface area (Å²) in [7, 11) is -3.40. The van der Waals surface area contributed by atoms with Crippen molar-refractivity contribution in [2.75, 3.05) is 11.6 Å². The van der Waals surface area contributed by atoms with E-state index in [4.69, 9.17) is 11.6 Å². The summed E-state index contributed by atoms with van der Waals surface area (Å²) >= 11 is 5.44. The summed E-state index contributed by atoms with van der Waals surface area (Å²) in [6.07, 6.45) is 1.09. The Kier molecular flexibility index (Phi) is 5.98. The molecule has 0 aromatic heterocycles. The normalized spacial score (nSPS) is 11.7. The van der Waals surface area contributed by atoms with Gasteiger partial charge in [0.05, 0.1) is 5.75 Å². The largest absolute Gasteiger partial charge is 0.212 e. The van der Waals surface area contributed by atoms with Crippen LogP contribution in [-0.2, 0) is 16.6 Å². The molecule has 1 rings (SSSR count). The molecule has 0 atom stereocenters. The highest BCUT2D eigenvalue weighted by atomic mass is 35.5. The number of benzene rings is 1. The third kappa shape index (κ3) is 5.29. The molecule has 1 aromatic carbocycles. The van der Waals surface area contributed by atoms with Crippen LogP contribution in [0.1, 0.15) is 18.4 Å². The zero-order valence-corrected chi connectivity index (χ0v) is 11.2. The van der Waals surface area contributed by atoms with Crippen molar-refractivity contribution in [3.05, 3.63) is 35.4 Å². The van der Waals surface area contributed by atoms with Crippen molar-refractivity contribution in [1.82, 2.24) is 4.72 Å². The second-order valence-corrected chi connectivity index (χ2v) is 6.09. The molecule has 7 heteroatoms. The van der Waals surface area contributed by atoms with Crippen LogP contribution in [0.2, 0.25) is 0 Å². The van der Waals surface area contributed by atoms with Crippen LogP contribution in [0.15, 0.2) is 18.2 Å². The Labute approximate surface area is 110 Å². The van der Waals surface area contributed by atoms with E-state index in [9.17, 15) is 17.2 Å². The summed E-state index contributed by atoms with van der Waals surface area (Å²) in [5, 5.41) is 0. The lowest BCUT2D eigenvalue weighted by atomic mass is 10.2. The van der Waals surface area contributed by atoms with Gasteiger partial charge in [0.1, 0.15) is 0 Å². The molecule has 0 saturated heterocycles. The second-order valence-electron chi connectivity index (χ2n) is 3.78. The van der Waals surface area contributed by atoms with Crippen molar-refractivity contribution in [1.29, 1.82) is 0 Å². The highest BCUT2D eigenvalue weighted by Gasteiger charge is 2.10. The molecule has 102 valence electrons. The summed E-state index contributed by atoms with van der Waals surface area (Å²) in [6, 6.07) is 3.27. The van der Waals surface area contributed by atoms with Crippen molar-refractivity contribution >= 4 is 21.6 Å². The fraction of sp³-hybridized carbons (Fsp3) is 0.455. The minimum atomic E-state index is -3.40. The first-order valence-electron chi connectivity index (χ1n) is 5.42. The lowest BCUT2D eigenvalue weighted by Gasteiger charge is -2.06. The zero-order valence-electron chi connectivity index (χ0n) is 9.63. The number of alkyl halides is 1. The van der Waals surface area contributed by atoms with Gasteiger partial charge in [-0.05, 0) is 30.5 Å². The zero-order chi connectivity index (χ0) is 13.6. The number of rotatable bonds is 7. The Balaban J connectivity index is 2.51. The molecule has 1 N–H and O–H groups in total. The minimum Gasteiger partial charge on any atom is -0.212 e. The van der Waals surface area contributed by atoms with Gasteiger partial charge in [0.25, 0.3) is 0 Å². The van der Waals surface area contributed by atoms with Gasteiger partial charge in [0.2, 0.25) is 10.0 Å². The van der Waals surface area contributed by atoms with Crippen molar-refractivity contribution < 1.29 is 17.2 Å². The summed E-state index contributed by atoms with van der Waals surface area (Å²) in [5.74, 6) is -1.56. The van der Waals surface area contributed by atoms with E-state index in [-0.39, 0.29) is 12.3 Å². The van der Waals surface area contributed by atoms with Crippen LogP contribution in [0.5, 0.6) is 0 Å². The van der Waals surface area contributed by atoms with E-state index in [0.717, 1.165) is 12.1 Å². The average Bonchev–Trinajstić information content (AvgIpc) is 2.31. The lowest BCUT2D eigenvalue weighted by Crippen LogP contribution is -2.26. The van der Waals surface area contributed by atoms with Gasteiger partial charge < -0.3 is 0 Å². The van der Waals surface area contributed by atoms with Crippen LogP contribution in [0.25, 0.3) is 0 Å². The van der Waals surface area contributed by atoms with Crippen LogP contribution in [0, 0.1) is 11.6 Å². The molecule has 0 radical (unpaired) electrons. The molecule has 0 aliphatic heterocycles. The molecular formula is C11H14ClF2NO2S. The summed E-state index contributed by atoms with van der Waals surface area (Å²) in [6.45, 7) is -0.0552. The van der Waals surface area contributed by atoms with Gasteiger partial charge >= 0.3 is 0 Å². The van der Waals surface area contributed by atoms with E-state index < -0.39 is 21.7 Å². The van der Waals surface area contributed by atoms with Gasteiger partial charge in [-0.15, -0.1) is 11.6 Å². The third-order valence-electron chi connectivity index (χ3n) is 2.28. The molecule has 0 fully saturated rings. The van der Waals surface area contributed by atoms with Crippen LogP contribution >= 0.6 is 11.6 Å². The molecule has 1 aromatic rings. The number of hydrogen-bond donors (Lipinski definition) is 1. The maximum atomic E-state index is 12.9. The average molecular weight is 298 g/mol. The molecule has 0 aliphatic carbocycles. The van der Waals surface area contributed by atoms with Crippen molar-refractivity contribution in [2.45, 2.75) is 19.4 Å². The maximum Gasteiger partial charge on any atom is 0.211 e. The quantitative estimate of drug-likeness (QED) is 0.620. The molecule has 3 nitrogen and oxygen atoms in total. The first kappa shape index (κ1) is 15.3. The molecule has 0 amide bonds. The fourth-order valence-corrected chi connectivity index (χ4v) is 2.61. The first-order valence-corrected chi connectivity index (χ1v) is 7.60. The Morgan fingerprint density at radius 2 is 1.89 bits per heavy atom. The van der Waals surface area contributed by atoms with E-state index in [1.54, 1.807) is 0 Å². The number of sulfonamides is 1. The lowest BCUT2D eigenvalue weighted by molar-refractivity contribution is 0.506. The fourth-order valence-electron chi connectivity index (χ4n) is 1.30. The van der Waals surface area contributed by atoms with Crippen LogP contribution in [0.3, 0.4) is 0 Å². The molecule has 0 heterocycles. The van der Waals surface area contributed by atoms with E-state index in [1.807, 2.05) is 0 Å². The van der Waals surface area contributed by atoms with Gasteiger partial charge in [-0.1, -0.05) is 6.07 Å². The van der Waals surface area contributed by atoms with Gasteiger partial charge in [-0.2, -0.15) is 0 Å². The van der Waals surface area contributed by atoms with Crippen LogP contribution in [0.4, 0.5) is 8.78 Å². The highest BCUT2D eigenvalue weighted by molar-refractivity contribution is 7.89. The topological polar surface area (TPSA) is 46.2 Å². The molecule has 0 bridgehead atoms. The number of halogens is 3. The number of unbranched alkanes of at least 4 members (excludes halogenated alkanes) is 1. The van der Waals surface area contributed by atoms with Crippen molar-refractivity contribution in [2.24, 2.45) is 0 Å².